The quantitative estimate of drug-likeness (QED) is 0.144. The van der Waals surface area contributed by atoms with Crippen molar-refractivity contribution >= 4 is 34.7 Å². The third-order valence-electron chi connectivity index (χ3n) is 4.41. The number of rotatable bonds is 10. The molecule has 11 nitrogen and oxygen atoms in total. The van der Waals surface area contributed by atoms with E-state index in [0.717, 1.165) is 0 Å². The van der Waals surface area contributed by atoms with E-state index < -0.39 is 17.6 Å². The van der Waals surface area contributed by atoms with Crippen molar-refractivity contribution in [3.63, 3.8) is 0 Å². The Morgan fingerprint density at radius 1 is 1.41 bits per heavy atom. The lowest BCUT2D eigenvalue weighted by Gasteiger charge is -2.27. The number of carbonyl (C=O) groups excluding carboxylic acids is 2. The minimum atomic E-state index is -0.790. The predicted octanol–water partition coefficient (Wildman–Crippen LogP) is 0.0788. The third-order valence-corrected chi connectivity index (χ3v) is 5.28. The van der Waals surface area contributed by atoms with Gasteiger partial charge in [0.2, 0.25) is 5.91 Å². The molecule has 12 heteroatoms. The number of oxime groups is 1. The molecule has 0 spiro atoms. The summed E-state index contributed by atoms with van der Waals surface area (Å²) in [5, 5.41) is 18.9. The third kappa shape index (κ3) is 5.80. The van der Waals surface area contributed by atoms with Crippen molar-refractivity contribution < 1.29 is 19.2 Å². The zero-order valence-corrected chi connectivity index (χ0v) is 18.5. The fraction of sp³-hybridized carbons (Fsp3) is 0.350. The van der Waals surface area contributed by atoms with E-state index in [9.17, 15) is 9.59 Å². The SMILES string of the molecule is CC(C)(CO/N=C(\C(=O)N[C@H]1CNC1=O)c1csc(CN)n1)Oc1ccc(C(=N)N)cc1. The first-order valence-corrected chi connectivity index (χ1v) is 10.6. The summed E-state index contributed by atoms with van der Waals surface area (Å²) in [6, 6.07) is 6.16. The Balaban J connectivity index is 1.68. The molecule has 2 aromatic rings. The average molecular weight is 460 g/mol. The monoisotopic (exact) mass is 459 g/mol. The van der Waals surface area contributed by atoms with Crippen LogP contribution in [0, 0.1) is 5.41 Å². The maximum Gasteiger partial charge on any atom is 0.276 e. The Hall–Kier alpha value is -3.51. The van der Waals surface area contributed by atoms with Gasteiger partial charge in [0.05, 0.1) is 0 Å². The molecule has 2 amide bonds. The van der Waals surface area contributed by atoms with Gasteiger partial charge in [0.1, 0.15) is 33.9 Å². The zero-order chi connectivity index (χ0) is 23.3. The van der Waals surface area contributed by atoms with Gasteiger partial charge in [-0.25, -0.2) is 4.98 Å². The zero-order valence-electron chi connectivity index (χ0n) is 17.7. The molecule has 1 aliphatic heterocycles. The number of amides is 2. The largest absolute Gasteiger partial charge is 0.484 e. The molecule has 1 saturated heterocycles. The number of nitrogens with one attached hydrogen (secondary N) is 3. The second kappa shape index (κ2) is 9.75. The van der Waals surface area contributed by atoms with Gasteiger partial charge in [-0.05, 0) is 38.1 Å². The summed E-state index contributed by atoms with van der Waals surface area (Å²) in [5.74, 6) is -0.297. The molecule has 0 radical (unpaired) electrons. The molecule has 0 aliphatic carbocycles. The van der Waals surface area contributed by atoms with Crippen molar-refractivity contribution in [1.29, 1.82) is 5.41 Å². The highest BCUT2D eigenvalue weighted by molar-refractivity contribution is 7.09. The van der Waals surface area contributed by atoms with Gasteiger partial charge < -0.3 is 31.7 Å². The summed E-state index contributed by atoms with van der Waals surface area (Å²) in [7, 11) is 0. The lowest BCUT2D eigenvalue weighted by atomic mass is 10.1. The van der Waals surface area contributed by atoms with Crippen molar-refractivity contribution in [1.82, 2.24) is 15.6 Å². The predicted molar refractivity (Wildman–Crippen MR) is 120 cm³/mol. The lowest BCUT2D eigenvalue weighted by molar-refractivity contribution is -0.131. The summed E-state index contributed by atoms with van der Waals surface area (Å²) in [6.07, 6.45) is 0. The molecule has 1 fully saturated rings. The molecule has 1 aromatic carbocycles. The summed E-state index contributed by atoms with van der Waals surface area (Å²) in [4.78, 5) is 33.9. The second-order valence-corrected chi connectivity index (χ2v) is 8.56. The number of amidine groups is 1. The maximum atomic E-state index is 12.7. The Morgan fingerprint density at radius 2 is 2.12 bits per heavy atom. The van der Waals surface area contributed by atoms with Crippen molar-refractivity contribution in [2.75, 3.05) is 13.2 Å². The first-order valence-electron chi connectivity index (χ1n) is 9.75. The van der Waals surface area contributed by atoms with Crippen LogP contribution < -0.4 is 26.8 Å². The Morgan fingerprint density at radius 3 is 2.66 bits per heavy atom. The number of nitrogens with zero attached hydrogens (tertiary/aromatic N) is 2. The van der Waals surface area contributed by atoms with Crippen LogP contribution in [0.2, 0.25) is 0 Å². The normalized spacial score (nSPS) is 16.0. The van der Waals surface area contributed by atoms with Gasteiger partial charge in [0.25, 0.3) is 5.91 Å². The molecule has 7 N–H and O–H groups in total. The molecule has 1 atom stereocenters. The van der Waals surface area contributed by atoms with E-state index in [1.807, 2.05) is 0 Å². The highest BCUT2D eigenvalue weighted by atomic mass is 32.1. The molecule has 1 aromatic heterocycles. The van der Waals surface area contributed by atoms with E-state index in [0.29, 0.717) is 28.6 Å². The number of hydrogen-bond acceptors (Lipinski definition) is 9. The van der Waals surface area contributed by atoms with E-state index in [4.69, 9.17) is 26.5 Å². The van der Waals surface area contributed by atoms with E-state index in [1.54, 1.807) is 43.5 Å². The number of carbonyl (C=O) groups is 2. The van der Waals surface area contributed by atoms with E-state index in [2.05, 4.69) is 20.8 Å². The van der Waals surface area contributed by atoms with Crippen LogP contribution in [0.5, 0.6) is 5.75 Å². The highest BCUT2D eigenvalue weighted by Crippen LogP contribution is 2.20. The Kier molecular flexibility index (Phi) is 7.05. The van der Waals surface area contributed by atoms with Crippen LogP contribution >= 0.6 is 11.3 Å². The van der Waals surface area contributed by atoms with Crippen LogP contribution in [0.15, 0.2) is 34.8 Å². The van der Waals surface area contributed by atoms with Crippen LogP contribution in [0.25, 0.3) is 0 Å². The molecule has 1 aliphatic rings. The Bertz CT molecular complexity index is 1030. The molecular weight excluding hydrogens is 434 g/mol. The Labute approximate surface area is 188 Å². The molecule has 3 rings (SSSR count). The number of thiazole rings is 1. The van der Waals surface area contributed by atoms with Gasteiger partial charge in [0.15, 0.2) is 12.3 Å². The molecule has 0 bridgehead atoms. The fourth-order valence-corrected chi connectivity index (χ4v) is 3.31. The first kappa shape index (κ1) is 23.2. The number of aromatic nitrogens is 1. The number of ether oxygens (including phenoxy) is 1. The number of nitrogens with two attached hydrogens (primary N) is 2. The summed E-state index contributed by atoms with van der Waals surface area (Å²) in [6.45, 7) is 4.21. The van der Waals surface area contributed by atoms with Gasteiger partial charge >= 0.3 is 0 Å². The molecule has 0 unspecified atom stereocenters. The van der Waals surface area contributed by atoms with Crippen LogP contribution in [-0.4, -0.2) is 53.1 Å². The highest BCUT2D eigenvalue weighted by Gasteiger charge is 2.31. The van der Waals surface area contributed by atoms with E-state index in [-0.39, 0.29) is 30.6 Å². The van der Waals surface area contributed by atoms with Crippen LogP contribution in [0.1, 0.15) is 30.1 Å². The summed E-state index contributed by atoms with van der Waals surface area (Å²) in [5.41, 5.74) is 11.1. The second-order valence-electron chi connectivity index (χ2n) is 7.61. The number of nitrogen functional groups attached to an aromatic ring is 1. The molecular formula is C20H25N7O4S. The van der Waals surface area contributed by atoms with Gasteiger partial charge in [-0.2, -0.15) is 0 Å². The minimum Gasteiger partial charge on any atom is -0.484 e. The number of β-lactam (4-membered cyclic amide) rings is 1. The lowest BCUT2D eigenvalue weighted by Crippen LogP contribution is -2.62. The van der Waals surface area contributed by atoms with Crippen LogP contribution in [0.3, 0.4) is 0 Å². The van der Waals surface area contributed by atoms with Gasteiger partial charge in [0, 0.05) is 24.0 Å². The maximum absolute atomic E-state index is 12.7. The van der Waals surface area contributed by atoms with Crippen molar-refractivity contribution in [2.24, 2.45) is 16.6 Å². The van der Waals surface area contributed by atoms with Gasteiger partial charge in [-0.15, -0.1) is 11.3 Å². The molecule has 170 valence electrons. The standard InChI is InChI=1S/C20H25N7O4S/c1-20(2,31-12-5-3-11(4-6-12)17(22)23)10-30-27-16(14-9-32-15(7-21)25-14)19(29)26-13-8-24-18(13)28/h3-6,9,13H,7-8,10,21H2,1-2H3,(H3,22,23)(H,24,28)(H,26,29)/b27-16-/t13-/m0/s1. The van der Waals surface area contributed by atoms with E-state index >= 15 is 0 Å². The topological polar surface area (TPSA) is 178 Å². The van der Waals surface area contributed by atoms with Crippen LogP contribution in [0.4, 0.5) is 0 Å². The van der Waals surface area contributed by atoms with Crippen molar-refractivity contribution in [2.45, 2.75) is 32.0 Å². The van der Waals surface area contributed by atoms with Gasteiger partial charge in [-0.3, -0.25) is 15.0 Å². The average Bonchev–Trinajstić information content (AvgIpc) is 3.22. The van der Waals surface area contributed by atoms with Crippen molar-refractivity contribution in [3.05, 3.63) is 45.9 Å². The molecule has 32 heavy (non-hydrogen) atoms. The van der Waals surface area contributed by atoms with Gasteiger partial charge in [-0.1, -0.05) is 5.16 Å². The fourth-order valence-electron chi connectivity index (χ4n) is 2.65. The molecule has 2 heterocycles. The molecule has 0 saturated carbocycles. The smallest absolute Gasteiger partial charge is 0.276 e. The number of hydrogen-bond donors (Lipinski definition) is 5. The van der Waals surface area contributed by atoms with Crippen LogP contribution in [-0.2, 0) is 21.0 Å². The summed E-state index contributed by atoms with van der Waals surface area (Å²) >= 11 is 1.30. The van der Waals surface area contributed by atoms with Crippen molar-refractivity contribution in [3.8, 4) is 5.75 Å². The first-order chi connectivity index (χ1) is 15.2. The summed E-state index contributed by atoms with van der Waals surface area (Å²) < 4.78 is 5.92. The number of benzene rings is 1. The van der Waals surface area contributed by atoms with E-state index in [1.165, 1.54) is 11.3 Å². The minimum absolute atomic E-state index is 0.0238.